The van der Waals surface area contributed by atoms with Crippen LogP contribution in [0, 0.1) is 13.8 Å². The van der Waals surface area contributed by atoms with Gasteiger partial charge in [0.15, 0.2) is 0 Å². The summed E-state index contributed by atoms with van der Waals surface area (Å²) in [6.45, 7) is 3.56. The van der Waals surface area contributed by atoms with Crippen molar-refractivity contribution in [2.75, 3.05) is 11.1 Å². The number of nitrogens with zero attached hydrogens (tertiary/aromatic N) is 1. The van der Waals surface area contributed by atoms with Crippen LogP contribution in [-0.2, 0) is 11.3 Å². The van der Waals surface area contributed by atoms with Gasteiger partial charge in [0.25, 0.3) is 5.56 Å². The van der Waals surface area contributed by atoms with Gasteiger partial charge in [-0.15, -0.1) is 0 Å². The Hall–Kier alpha value is -2.08. The van der Waals surface area contributed by atoms with E-state index in [2.05, 4.69) is 21.2 Å². The van der Waals surface area contributed by atoms with Gasteiger partial charge in [0.1, 0.15) is 6.54 Å². The smallest absolute Gasteiger partial charge is 0.253 e. The van der Waals surface area contributed by atoms with Crippen LogP contribution < -0.4 is 16.6 Å². The first-order valence-corrected chi connectivity index (χ1v) is 7.18. The maximum absolute atomic E-state index is 12.0. The first-order chi connectivity index (χ1) is 9.86. The number of hydrogen-bond acceptors (Lipinski definition) is 3. The molecule has 2 rings (SSSR count). The Balaban J connectivity index is 2.15. The number of carbonyl (C=O) groups is 1. The first-order valence-electron chi connectivity index (χ1n) is 6.39. The monoisotopic (exact) mass is 349 g/mol. The Labute approximate surface area is 130 Å². The summed E-state index contributed by atoms with van der Waals surface area (Å²) in [7, 11) is 0. The van der Waals surface area contributed by atoms with Crippen molar-refractivity contribution in [3.05, 3.63) is 56.4 Å². The number of amides is 1. The number of halogens is 1. The van der Waals surface area contributed by atoms with E-state index in [1.165, 1.54) is 4.57 Å². The Bertz CT molecular complexity index is 753. The molecule has 0 fully saturated rings. The van der Waals surface area contributed by atoms with Gasteiger partial charge in [-0.25, -0.2) is 0 Å². The lowest BCUT2D eigenvalue weighted by Gasteiger charge is -2.10. The fraction of sp³-hybridized carbons (Fsp3) is 0.200. The van der Waals surface area contributed by atoms with Crippen LogP contribution in [-0.4, -0.2) is 10.5 Å². The molecule has 1 aromatic carbocycles. The number of aryl methyl sites for hydroxylation is 2. The van der Waals surface area contributed by atoms with Crippen LogP contribution in [0.1, 0.15) is 11.1 Å². The largest absolute Gasteiger partial charge is 0.398 e. The van der Waals surface area contributed by atoms with Crippen molar-refractivity contribution in [2.24, 2.45) is 0 Å². The van der Waals surface area contributed by atoms with E-state index in [4.69, 9.17) is 5.73 Å². The Morgan fingerprint density at radius 1 is 1.29 bits per heavy atom. The van der Waals surface area contributed by atoms with Gasteiger partial charge >= 0.3 is 0 Å². The number of aromatic nitrogens is 1. The van der Waals surface area contributed by atoms with E-state index in [0.29, 0.717) is 16.9 Å². The minimum atomic E-state index is -0.280. The lowest BCUT2D eigenvalue weighted by Crippen LogP contribution is -2.28. The molecule has 0 bridgehead atoms. The number of nitrogens with one attached hydrogen (secondary N) is 1. The second-order valence-corrected chi connectivity index (χ2v) is 5.81. The fourth-order valence-corrected chi connectivity index (χ4v) is 2.52. The number of nitrogens with two attached hydrogens (primary N) is 1. The molecule has 0 saturated carbocycles. The summed E-state index contributed by atoms with van der Waals surface area (Å²) in [5.41, 5.74) is 8.38. The average molecular weight is 350 g/mol. The minimum Gasteiger partial charge on any atom is -0.398 e. The highest BCUT2D eigenvalue weighted by molar-refractivity contribution is 9.10. The lowest BCUT2D eigenvalue weighted by molar-refractivity contribution is -0.116. The maximum atomic E-state index is 12.0. The summed E-state index contributed by atoms with van der Waals surface area (Å²) in [5.74, 6) is -0.280. The average Bonchev–Trinajstić information content (AvgIpc) is 2.39. The summed E-state index contributed by atoms with van der Waals surface area (Å²) >= 11 is 3.31. The van der Waals surface area contributed by atoms with E-state index in [0.717, 1.165) is 10.0 Å². The normalized spacial score (nSPS) is 10.4. The van der Waals surface area contributed by atoms with Crippen LogP contribution in [0.4, 0.5) is 11.4 Å². The molecule has 0 aliphatic rings. The van der Waals surface area contributed by atoms with E-state index in [-0.39, 0.29) is 18.0 Å². The molecule has 21 heavy (non-hydrogen) atoms. The van der Waals surface area contributed by atoms with E-state index in [1.807, 2.05) is 13.0 Å². The highest BCUT2D eigenvalue weighted by atomic mass is 79.9. The second kappa shape index (κ2) is 6.13. The topological polar surface area (TPSA) is 77.1 Å². The molecular formula is C15H16BrN3O2. The lowest BCUT2D eigenvalue weighted by atomic mass is 10.2. The molecule has 1 heterocycles. The highest BCUT2D eigenvalue weighted by Crippen LogP contribution is 2.17. The minimum absolute atomic E-state index is 0.0487. The van der Waals surface area contributed by atoms with Crippen molar-refractivity contribution in [3.63, 3.8) is 0 Å². The Morgan fingerprint density at radius 3 is 2.67 bits per heavy atom. The van der Waals surface area contributed by atoms with Crippen LogP contribution in [0.15, 0.2) is 39.7 Å². The summed E-state index contributed by atoms with van der Waals surface area (Å²) in [5, 5.41) is 2.73. The molecule has 1 amide bonds. The third-order valence-electron chi connectivity index (χ3n) is 3.11. The SMILES string of the molecule is Cc1ccc(NC(=O)Cn2cc(Br)cc(C)c2=O)cc1N. The van der Waals surface area contributed by atoms with Crippen molar-refractivity contribution >= 4 is 33.2 Å². The highest BCUT2D eigenvalue weighted by Gasteiger charge is 2.08. The standard InChI is InChI=1S/C15H16BrN3O2/c1-9-3-4-12(6-13(9)17)18-14(20)8-19-7-11(16)5-10(2)15(19)21/h3-7H,8,17H2,1-2H3,(H,18,20). The number of nitrogen functional groups attached to an aromatic ring is 1. The quantitative estimate of drug-likeness (QED) is 0.835. The van der Waals surface area contributed by atoms with Gasteiger partial charge in [-0.05, 0) is 53.5 Å². The molecule has 5 nitrogen and oxygen atoms in total. The van der Waals surface area contributed by atoms with Crippen LogP contribution in [0.5, 0.6) is 0 Å². The van der Waals surface area contributed by atoms with Gasteiger partial charge in [0.05, 0.1) is 0 Å². The van der Waals surface area contributed by atoms with Gasteiger partial charge in [-0.3, -0.25) is 9.59 Å². The molecule has 0 radical (unpaired) electrons. The van der Waals surface area contributed by atoms with Crippen molar-refractivity contribution in [2.45, 2.75) is 20.4 Å². The molecule has 2 aromatic rings. The van der Waals surface area contributed by atoms with E-state index < -0.39 is 0 Å². The van der Waals surface area contributed by atoms with Crippen molar-refractivity contribution < 1.29 is 4.79 Å². The maximum Gasteiger partial charge on any atom is 0.253 e. The number of anilines is 2. The van der Waals surface area contributed by atoms with Gasteiger partial charge in [-0.1, -0.05) is 6.07 Å². The fourth-order valence-electron chi connectivity index (χ4n) is 1.93. The Kier molecular flexibility index (Phi) is 4.47. The molecular weight excluding hydrogens is 334 g/mol. The summed E-state index contributed by atoms with van der Waals surface area (Å²) in [6.07, 6.45) is 1.60. The molecule has 110 valence electrons. The molecule has 0 saturated heterocycles. The predicted molar refractivity (Wildman–Crippen MR) is 87.4 cm³/mol. The molecule has 0 spiro atoms. The van der Waals surface area contributed by atoms with Crippen LogP contribution in [0.25, 0.3) is 0 Å². The number of pyridine rings is 1. The van der Waals surface area contributed by atoms with Crippen molar-refractivity contribution in [3.8, 4) is 0 Å². The van der Waals surface area contributed by atoms with Crippen LogP contribution >= 0.6 is 15.9 Å². The zero-order valence-electron chi connectivity index (χ0n) is 11.8. The van der Waals surface area contributed by atoms with E-state index >= 15 is 0 Å². The zero-order chi connectivity index (χ0) is 15.6. The predicted octanol–water partition coefficient (Wildman–Crippen LogP) is 2.45. The van der Waals surface area contributed by atoms with Gasteiger partial charge in [0.2, 0.25) is 5.91 Å². The van der Waals surface area contributed by atoms with Gasteiger partial charge in [-0.2, -0.15) is 0 Å². The summed E-state index contributed by atoms with van der Waals surface area (Å²) in [6, 6.07) is 7.03. The molecule has 0 aliphatic heterocycles. The van der Waals surface area contributed by atoms with E-state index in [9.17, 15) is 9.59 Å². The number of rotatable bonds is 3. The third kappa shape index (κ3) is 3.72. The molecule has 3 N–H and O–H groups in total. The third-order valence-corrected chi connectivity index (χ3v) is 3.54. The van der Waals surface area contributed by atoms with Crippen molar-refractivity contribution in [1.82, 2.24) is 4.57 Å². The number of benzene rings is 1. The number of carbonyl (C=O) groups excluding carboxylic acids is 1. The Morgan fingerprint density at radius 2 is 2.00 bits per heavy atom. The van der Waals surface area contributed by atoms with Crippen LogP contribution in [0.3, 0.4) is 0 Å². The van der Waals surface area contributed by atoms with E-state index in [1.54, 1.807) is 31.3 Å². The molecule has 0 unspecified atom stereocenters. The zero-order valence-corrected chi connectivity index (χ0v) is 13.4. The summed E-state index contributed by atoms with van der Waals surface area (Å²) in [4.78, 5) is 24.0. The summed E-state index contributed by atoms with van der Waals surface area (Å²) < 4.78 is 2.12. The molecule has 0 aliphatic carbocycles. The first kappa shape index (κ1) is 15.3. The number of hydrogen-bond donors (Lipinski definition) is 2. The molecule has 0 atom stereocenters. The molecule has 6 heteroatoms. The molecule has 1 aromatic heterocycles. The van der Waals surface area contributed by atoms with Gasteiger partial charge < -0.3 is 15.6 Å². The second-order valence-electron chi connectivity index (χ2n) is 4.89. The van der Waals surface area contributed by atoms with Gasteiger partial charge in [0, 0.05) is 27.6 Å². The van der Waals surface area contributed by atoms with Crippen LogP contribution in [0.2, 0.25) is 0 Å². The van der Waals surface area contributed by atoms with Crippen molar-refractivity contribution in [1.29, 1.82) is 0 Å².